The average Bonchev–Trinajstić information content (AvgIpc) is 3.14. The SMILES string of the molecule is Cc1noc(C)c1CNC(=O)[C@H]1CCCN1Cc1ccccc1. The Morgan fingerprint density at radius 1 is 1.35 bits per heavy atom. The molecule has 1 aromatic heterocycles. The third-order valence-corrected chi connectivity index (χ3v) is 4.52. The van der Waals surface area contributed by atoms with Crippen LogP contribution in [0, 0.1) is 13.8 Å². The van der Waals surface area contributed by atoms with E-state index in [1.165, 1.54) is 5.56 Å². The predicted molar refractivity (Wildman–Crippen MR) is 87.7 cm³/mol. The molecular formula is C18H23N3O2. The number of likely N-dealkylation sites (tertiary alicyclic amines) is 1. The standard InChI is InChI=1S/C18H23N3O2/c1-13-16(14(2)23-20-13)11-19-18(22)17-9-6-10-21(17)12-15-7-4-3-5-8-15/h3-5,7-8,17H,6,9-12H2,1-2H3,(H,19,22)/t17-/m1/s1. The summed E-state index contributed by atoms with van der Waals surface area (Å²) in [6, 6.07) is 10.3. The molecule has 0 saturated carbocycles. The molecule has 122 valence electrons. The Bertz CT molecular complexity index is 647. The van der Waals surface area contributed by atoms with Crippen LogP contribution in [-0.4, -0.2) is 28.6 Å². The summed E-state index contributed by atoms with van der Waals surface area (Å²) in [7, 11) is 0. The van der Waals surface area contributed by atoms with Crippen molar-refractivity contribution in [3.63, 3.8) is 0 Å². The number of hydrogen-bond acceptors (Lipinski definition) is 4. The van der Waals surface area contributed by atoms with E-state index < -0.39 is 0 Å². The third kappa shape index (κ3) is 3.62. The van der Waals surface area contributed by atoms with Crippen LogP contribution in [0.2, 0.25) is 0 Å². The second kappa shape index (κ2) is 6.96. The van der Waals surface area contributed by atoms with Gasteiger partial charge in [0.2, 0.25) is 5.91 Å². The number of amides is 1. The number of aromatic nitrogens is 1. The Hall–Kier alpha value is -2.14. The smallest absolute Gasteiger partial charge is 0.237 e. The number of aryl methyl sites for hydroxylation is 2. The molecule has 1 amide bonds. The van der Waals surface area contributed by atoms with Crippen molar-refractivity contribution in [3.8, 4) is 0 Å². The van der Waals surface area contributed by atoms with Gasteiger partial charge in [0.15, 0.2) is 0 Å². The fourth-order valence-electron chi connectivity index (χ4n) is 3.18. The predicted octanol–water partition coefficient (Wildman–Crippen LogP) is 2.57. The Labute approximate surface area is 136 Å². The van der Waals surface area contributed by atoms with Crippen LogP contribution in [0.5, 0.6) is 0 Å². The lowest BCUT2D eigenvalue weighted by atomic mass is 10.1. The van der Waals surface area contributed by atoms with E-state index in [0.29, 0.717) is 6.54 Å². The van der Waals surface area contributed by atoms with Crippen molar-refractivity contribution in [1.82, 2.24) is 15.4 Å². The molecule has 1 aromatic carbocycles. The first-order valence-electron chi connectivity index (χ1n) is 8.12. The van der Waals surface area contributed by atoms with E-state index in [-0.39, 0.29) is 11.9 Å². The molecule has 1 fully saturated rings. The summed E-state index contributed by atoms with van der Waals surface area (Å²) < 4.78 is 5.14. The van der Waals surface area contributed by atoms with Crippen LogP contribution >= 0.6 is 0 Å². The number of nitrogens with one attached hydrogen (secondary N) is 1. The fraction of sp³-hybridized carbons (Fsp3) is 0.444. The van der Waals surface area contributed by atoms with Gasteiger partial charge in [-0.25, -0.2) is 0 Å². The molecule has 0 unspecified atom stereocenters. The largest absolute Gasteiger partial charge is 0.361 e. The fourth-order valence-corrected chi connectivity index (χ4v) is 3.18. The van der Waals surface area contributed by atoms with E-state index in [1.807, 2.05) is 32.0 Å². The van der Waals surface area contributed by atoms with Gasteiger partial charge in [0.25, 0.3) is 0 Å². The number of hydrogen-bond donors (Lipinski definition) is 1. The van der Waals surface area contributed by atoms with Crippen molar-refractivity contribution in [2.24, 2.45) is 0 Å². The van der Waals surface area contributed by atoms with Gasteiger partial charge in [0.1, 0.15) is 5.76 Å². The van der Waals surface area contributed by atoms with Crippen molar-refractivity contribution in [2.75, 3.05) is 6.54 Å². The molecule has 0 spiro atoms. The zero-order valence-corrected chi connectivity index (χ0v) is 13.7. The molecule has 2 aromatic rings. The first-order valence-corrected chi connectivity index (χ1v) is 8.12. The van der Waals surface area contributed by atoms with Crippen LogP contribution in [0.25, 0.3) is 0 Å². The summed E-state index contributed by atoms with van der Waals surface area (Å²) in [6.07, 6.45) is 1.98. The molecule has 23 heavy (non-hydrogen) atoms. The maximum Gasteiger partial charge on any atom is 0.237 e. The van der Waals surface area contributed by atoms with Crippen LogP contribution < -0.4 is 5.32 Å². The zero-order chi connectivity index (χ0) is 16.2. The number of nitrogens with zero attached hydrogens (tertiary/aromatic N) is 2. The lowest BCUT2D eigenvalue weighted by Crippen LogP contribution is -2.42. The van der Waals surface area contributed by atoms with E-state index in [4.69, 9.17) is 4.52 Å². The summed E-state index contributed by atoms with van der Waals surface area (Å²) in [4.78, 5) is 14.8. The van der Waals surface area contributed by atoms with Gasteiger partial charge in [-0.15, -0.1) is 0 Å². The minimum Gasteiger partial charge on any atom is -0.361 e. The van der Waals surface area contributed by atoms with Crippen LogP contribution in [0.4, 0.5) is 0 Å². The monoisotopic (exact) mass is 313 g/mol. The Kier molecular flexibility index (Phi) is 4.76. The summed E-state index contributed by atoms with van der Waals surface area (Å²) in [5.41, 5.74) is 3.07. The van der Waals surface area contributed by atoms with Crippen LogP contribution in [0.3, 0.4) is 0 Å². The molecule has 0 radical (unpaired) electrons. The van der Waals surface area contributed by atoms with Crippen LogP contribution in [0.15, 0.2) is 34.9 Å². The maximum absolute atomic E-state index is 12.6. The second-order valence-corrected chi connectivity index (χ2v) is 6.13. The first-order chi connectivity index (χ1) is 11.1. The molecule has 3 rings (SSSR count). The van der Waals surface area contributed by atoms with Gasteiger partial charge in [-0.3, -0.25) is 9.69 Å². The lowest BCUT2D eigenvalue weighted by Gasteiger charge is -2.23. The first kappa shape index (κ1) is 15.7. The van der Waals surface area contributed by atoms with Gasteiger partial charge in [0.05, 0.1) is 11.7 Å². The highest BCUT2D eigenvalue weighted by molar-refractivity contribution is 5.82. The average molecular weight is 313 g/mol. The zero-order valence-electron chi connectivity index (χ0n) is 13.7. The maximum atomic E-state index is 12.6. The summed E-state index contributed by atoms with van der Waals surface area (Å²) >= 11 is 0. The van der Waals surface area contributed by atoms with Crippen molar-refractivity contribution < 1.29 is 9.32 Å². The molecule has 0 aliphatic carbocycles. The lowest BCUT2D eigenvalue weighted by molar-refractivity contribution is -0.125. The number of carbonyl (C=O) groups is 1. The second-order valence-electron chi connectivity index (χ2n) is 6.13. The van der Waals surface area contributed by atoms with Gasteiger partial charge in [-0.1, -0.05) is 35.5 Å². The van der Waals surface area contributed by atoms with E-state index in [0.717, 1.165) is 42.9 Å². The molecule has 1 saturated heterocycles. The van der Waals surface area contributed by atoms with Crippen molar-refractivity contribution in [3.05, 3.63) is 52.9 Å². The Balaban J connectivity index is 1.60. The molecule has 1 aliphatic rings. The number of benzene rings is 1. The summed E-state index contributed by atoms with van der Waals surface area (Å²) in [6.45, 7) is 6.05. The number of rotatable bonds is 5. The highest BCUT2D eigenvalue weighted by atomic mass is 16.5. The molecular weight excluding hydrogens is 290 g/mol. The normalized spacial score (nSPS) is 18.3. The summed E-state index contributed by atoms with van der Waals surface area (Å²) in [5.74, 6) is 0.869. The minimum absolute atomic E-state index is 0.0457. The molecule has 0 bridgehead atoms. The number of carbonyl (C=O) groups excluding carboxylic acids is 1. The van der Waals surface area contributed by atoms with E-state index in [9.17, 15) is 4.79 Å². The molecule has 5 nitrogen and oxygen atoms in total. The van der Waals surface area contributed by atoms with Gasteiger partial charge in [-0.2, -0.15) is 0 Å². The molecule has 2 heterocycles. The van der Waals surface area contributed by atoms with Gasteiger partial charge < -0.3 is 9.84 Å². The Morgan fingerprint density at radius 3 is 2.83 bits per heavy atom. The van der Waals surface area contributed by atoms with Gasteiger partial charge in [-0.05, 0) is 38.8 Å². The third-order valence-electron chi connectivity index (χ3n) is 4.52. The summed E-state index contributed by atoms with van der Waals surface area (Å²) in [5, 5.41) is 6.97. The van der Waals surface area contributed by atoms with Crippen molar-refractivity contribution >= 4 is 5.91 Å². The quantitative estimate of drug-likeness (QED) is 0.922. The minimum atomic E-state index is -0.0457. The van der Waals surface area contributed by atoms with Gasteiger partial charge in [0, 0.05) is 18.7 Å². The topological polar surface area (TPSA) is 58.4 Å². The van der Waals surface area contributed by atoms with E-state index >= 15 is 0 Å². The van der Waals surface area contributed by atoms with Crippen molar-refractivity contribution in [2.45, 2.75) is 45.8 Å². The van der Waals surface area contributed by atoms with Gasteiger partial charge >= 0.3 is 0 Å². The molecule has 1 aliphatic heterocycles. The van der Waals surface area contributed by atoms with Crippen molar-refractivity contribution in [1.29, 1.82) is 0 Å². The van der Waals surface area contributed by atoms with E-state index in [2.05, 4.69) is 27.5 Å². The molecule has 1 N–H and O–H groups in total. The van der Waals surface area contributed by atoms with Crippen LogP contribution in [-0.2, 0) is 17.9 Å². The molecule has 1 atom stereocenters. The van der Waals surface area contributed by atoms with Crippen LogP contribution in [0.1, 0.15) is 35.4 Å². The highest BCUT2D eigenvalue weighted by Crippen LogP contribution is 2.20. The van der Waals surface area contributed by atoms with E-state index in [1.54, 1.807) is 0 Å². The molecule has 5 heteroatoms. The Morgan fingerprint density at radius 2 is 2.13 bits per heavy atom. The highest BCUT2D eigenvalue weighted by Gasteiger charge is 2.30.